The highest BCUT2D eigenvalue weighted by atomic mass is 16.6. The Balaban J connectivity index is 1.30. The third-order valence-corrected chi connectivity index (χ3v) is 5.92. The van der Waals surface area contributed by atoms with Gasteiger partial charge in [-0.15, -0.1) is 0 Å². The molecule has 2 rings (SSSR count). The Labute approximate surface area is 221 Å². The van der Waals surface area contributed by atoms with E-state index in [2.05, 4.69) is 39.8 Å². The average Bonchev–Trinajstić information content (AvgIpc) is 2.88. The largest absolute Gasteiger partial charge is 0.446 e. The van der Waals surface area contributed by atoms with Crippen molar-refractivity contribution in [3.8, 4) is 0 Å². The van der Waals surface area contributed by atoms with Gasteiger partial charge in [-0.25, -0.2) is 4.79 Å². The molecule has 1 aliphatic rings. The fourth-order valence-corrected chi connectivity index (χ4v) is 3.84. The maximum Gasteiger partial charge on any atom is 0.407 e. The number of anilines is 1. The molecule has 1 aromatic rings. The number of ether oxygens (including phenoxy) is 4. The summed E-state index contributed by atoms with van der Waals surface area (Å²) in [6, 6.07) is 10.1. The van der Waals surface area contributed by atoms with Gasteiger partial charge in [0, 0.05) is 38.8 Å². The Bertz CT molecular complexity index is 762. The number of nitrogens with one attached hydrogen (secondary N) is 2. The van der Waals surface area contributed by atoms with Crippen molar-refractivity contribution in [2.45, 2.75) is 51.0 Å². The second-order valence-electron chi connectivity index (χ2n) is 8.98. The van der Waals surface area contributed by atoms with Crippen LogP contribution in [0.1, 0.15) is 44.9 Å². The van der Waals surface area contributed by atoms with Gasteiger partial charge >= 0.3 is 6.09 Å². The Morgan fingerprint density at radius 2 is 1.51 bits per heavy atom. The van der Waals surface area contributed by atoms with Crippen molar-refractivity contribution >= 4 is 17.7 Å². The van der Waals surface area contributed by atoms with Gasteiger partial charge in [-0.05, 0) is 50.7 Å². The molecule has 1 aromatic carbocycles. The highest BCUT2D eigenvalue weighted by molar-refractivity contribution is 5.75. The normalized spacial score (nSPS) is 16.3. The standard InChI is InChI=1S/C28H45N3O6/c1-31(25-11-6-5-7-12-25)18-10-15-27(32)29-16-19-34-21-23-36-24-22-35-20-17-30-28(33)37-26-13-8-3-2-4-9-14-26/h2-3,5-7,11-12,26H,4,8-10,13-24H2,1H3,(H,29,32)(H,30,33)/b3-2-. The first-order chi connectivity index (χ1) is 18.1. The molecule has 0 heterocycles. The minimum Gasteiger partial charge on any atom is -0.446 e. The first kappa shape index (κ1) is 30.6. The zero-order chi connectivity index (χ0) is 26.4. The van der Waals surface area contributed by atoms with E-state index >= 15 is 0 Å². The van der Waals surface area contributed by atoms with Crippen LogP contribution in [0.15, 0.2) is 42.5 Å². The lowest BCUT2D eigenvalue weighted by atomic mass is 10.0. The second-order valence-corrected chi connectivity index (χ2v) is 8.98. The molecule has 9 nitrogen and oxygen atoms in total. The fourth-order valence-electron chi connectivity index (χ4n) is 3.84. The van der Waals surface area contributed by atoms with Crippen molar-refractivity contribution in [2.24, 2.45) is 0 Å². The van der Waals surface area contributed by atoms with E-state index in [1.807, 2.05) is 25.2 Å². The molecule has 1 aliphatic carbocycles. The van der Waals surface area contributed by atoms with Crippen LogP contribution in [0.4, 0.5) is 10.5 Å². The summed E-state index contributed by atoms with van der Waals surface area (Å²) < 4.78 is 21.9. The van der Waals surface area contributed by atoms with E-state index in [4.69, 9.17) is 18.9 Å². The molecule has 1 atom stereocenters. The number of hydrogen-bond donors (Lipinski definition) is 2. The lowest BCUT2D eigenvalue weighted by Crippen LogP contribution is -2.31. The molecule has 9 heteroatoms. The van der Waals surface area contributed by atoms with E-state index in [1.54, 1.807) is 0 Å². The Hall–Kier alpha value is -2.62. The van der Waals surface area contributed by atoms with E-state index in [0.29, 0.717) is 59.2 Å². The first-order valence-electron chi connectivity index (χ1n) is 13.5. The predicted molar refractivity (Wildman–Crippen MR) is 145 cm³/mol. The zero-order valence-electron chi connectivity index (χ0n) is 22.3. The van der Waals surface area contributed by atoms with Crippen molar-refractivity contribution in [3.63, 3.8) is 0 Å². The summed E-state index contributed by atoms with van der Waals surface area (Å²) in [6.07, 6.45) is 10.1. The second kappa shape index (κ2) is 20.4. The molecule has 0 saturated heterocycles. The van der Waals surface area contributed by atoms with Gasteiger partial charge in [0.15, 0.2) is 0 Å². The number of rotatable bonds is 18. The lowest BCUT2D eigenvalue weighted by molar-refractivity contribution is -0.121. The molecule has 37 heavy (non-hydrogen) atoms. The monoisotopic (exact) mass is 519 g/mol. The van der Waals surface area contributed by atoms with Gasteiger partial charge in [0.05, 0.1) is 39.6 Å². The molecule has 0 radical (unpaired) electrons. The van der Waals surface area contributed by atoms with Crippen LogP contribution in [0.3, 0.4) is 0 Å². The molecule has 0 fully saturated rings. The Kier molecular flexibility index (Phi) is 16.9. The van der Waals surface area contributed by atoms with Crippen LogP contribution < -0.4 is 15.5 Å². The molecule has 0 aromatic heterocycles. The van der Waals surface area contributed by atoms with Crippen molar-refractivity contribution < 1.29 is 28.5 Å². The van der Waals surface area contributed by atoms with Crippen LogP contribution in [-0.4, -0.2) is 84.4 Å². The van der Waals surface area contributed by atoms with Crippen molar-refractivity contribution in [3.05, 3.63) is 42.5 Å². The lowest BCUT2D eigenvalue weighted by Gasteiger charge is -2.18. The number of amides is 2. The zero-order valence-corrected chi connectivity index (χ0v) is 22.3. The first-order valence-corrected chi connectivity index (χ1v) is 13.5. The molecule has 2 N–H and O–H groups in total. The van der Waals surface area contributed by atoms with Gasteiger partial charge in [-0.3, -0.25) is 4.79 Å². The SMILES string of the molecule is CN(CCCC(=O)NCCOCCOCCOCCNC(=O)OC1CC/C=C\CCC1)c1ccccc1. The fraction of sp³-hybridized carbons (Fsp3) is 0.643. The summed E-state index contributed by atoms with van der Waals surface area (Å²) in [5.74, 6) is 0.0403. The van der Waals surface area contributed by atoms with Crippen LogP contribution in [-0.2, 0) is 23.7 Å². The number of allylic oxidation sites excluding steroid dienone is 2. The van der Waals surface area contributed by atoms with E-state index in [-0.39, 0.29) is 18.1 Å². The van der Waals surface area contributed by atoms with Gasteiger partial charge in [0.25, 0.3) is 0 Å². The minimum absolute atomic E-state index is 0.00444. The summed E-state index contributed by atoms with van der Waals surface area (Å²) in [5.41, 5.74) is 1.15. The summed E-state index contributed by atoms with van der Waals surface area (Å²) in [6.45, 7) is 4.41. The van der Waals surface area contributed by atoms with E-state index in [1.165, 1.54) is 0 Å². The third kappa shape index (κ3) is 16.0. The third-order valence-electron chi connectivity index (χ3n) is 5.92. The molecule has 0 aliphatic heterocycles. The van der Waals surface area contributed by atoms with Crippen molar-refractivity contribution in [2.75, 3.05) is 71.2 Å². The van der Waals surface area contributed by atoms with Gasteiger partial charge in [0.2, 0.25) is 5.91 Å². The number of carbonyl (C=O) groups is 2. The molecule has 0 saturated carbocycles. The molecule has 0 bridgehead atoms. The van der Waals surface area contributed by atoms with Gasteiger partial charge in [0.1, 0.15) is 6.10 Å². The highest BCUT2D eigenvalue weighted by Crippen LogP contribution is 2.15. The number of nitrogens with zero attached hydrogens (tertiary/aromatic N) is 1. The van der Waals surface area contributed by atoms with Gasteiger partial charge in [-0.2, -0.15) is 0 Å². The molecule has 1 unspecified atom stereocenters. The van der Waals surface area contributed by atoms with Gasteiger partial charge < -0.3 is 34.5 Å². The van der Waals surface area contributed by atoms with Gasteiger partial charge in [-0.1, -0.05) is 30.4 Å². The van der Waals surface area contributed by atoms with E-state index < -0.39 is 0 Å². The smallest absolute Gasteiger partial charge is 0.407 e. The topological polar surface area (TPSA) is 98.4 Å². The molecular weight excluding hydrogens is 474 g/mol. The summed E-state index contributed by atoms with van der Waals surface area (Å²) in [5, 5.41) is 5.61. The molecule has 208 valence electrons. The van der Waals surface area contributed by atoms with Crippen LogP contribution in [0.2, 0.25) is 0 Å². The van der Waals surface area contributed by atoms with Crippen LogP contribution >= 0.6 is 0 Å². The Morgan fingerprint density at radius 3 is 2.24 bits per heavy atom. The average molecular weight is 520 g/mol. The molecule has 2 amide bonds. The maximum atomic E-state index is 11.9. The molecule has 0 spiro atoms. The van der Waals surface area contributed by atoms with Crippen molar-refractivity contribution in [1.29, 1.82) is 0 Å². The number of carbonyl (C=O) groups excluding carboxylic acids is 2. The maximum absolute atomic E-state index is 11.9. The van der Waals surface area contributed by atoms with Crippen LogP contribution in [0.25, 0.3) is 0 Å². The summed E-state index contributed by atoms with van der Waals surface area (Å²) in [7, 11) is 2.03. The van der Waals surface area contributed by atoms with E-state index in [9.17, 15) is 9.59 Å². The van der Waals surface area contributed by atoms with Crippen LogP contribution in [0.5, 0.6) is 0 Å². The van der Waals surface area contributed by atoms with Crippen LogP contribution in [0, 0.1) is 0 Å². The minimum atomic E-state index is -0.376. The Morgan fingerprint density at radius 1 is 0.865 bits per heavy atom. The molecular formula is C28H45N3O6. The number of alkyl carbamates (subject to hydrolysis) is 1. The highest BCUT2D eigenvalue weighted by Gasteiger charge is 2.14. The summed E-state index contributed by atoms with van der Waals surface area (Å²) >= 11 is 0. The quantitative estimate of drug-likeness (QED) is 0.225. The van der Waals surface area contributed by atoms with E-state index in [0.717, 1.165) is 50.8 Å². The number of para-hydroxylation sites is 1. The number of hydrogen-bond acceptors (Lipinski definition) is 7. The number of benzene rings is 1. The van der Waals surface area contributed by atoms with Crippen molar-refractivity contribution in [1.82, 2.24) is 10.6 Å². The predicted octanol–water partition coefficient (Wildman–Crippen LogP) is 3.68. The summed E-state index contributed by atoms with van der Waals surface area (Å²) in [4.78, 5) is 26.0.